The average molecular weight is 196 g/mol. The lowest BCUT2D eigenvalue weighted by molar-refractivity contribution is 0.432. The van der Waals surface area contributed by atoms with E-state index in [9.17, 15) is 9.60 Å². The molecule has 0 amide bonds. The Morgan fingerprint density at radius 2 is 1.93 bits per heavy atom. The van der Waals surface area contributed by atoms with Crippen LogP contribution in [0.5, 0.6) is 0 Å². The minimum absolute atomic E-state index is 0.219. The van der Waals surface area contributed by atoms with Crippen molar-refractivity contribution in [2.24, 2.45) is 0 Å². The lowest BCUT2D eigenvalue weighted by Gasteiger charge is -2.37. The van der Waals surface area contributed by atoms with Crippen molar-refractivity contribution < 1.29 is 4.39 Å². The molecule has 0 aliphatic carbocycles. The third kappa shape index (κ3) is 1.47. The van der Waals surface area contributed by atoms with Crippen molar-refractivity contribution in [3.8, 4) is 0 Å². The average Bonchev–Trinajstić information content (AvgIpc) is 2.52. The Morgan fingerprint density at radius 3 is 2.50 bits per heavy atom. The number of hydrogen-bond donors (Lipinski definition) is 1. The van der Waals surface area contributed by atoms with E-state index in [4.69, 9.17) is 5.73 Å². The maximum atomic E-state index is 13.5. The smallest absolute Gasteiger partial charge is 0.186 e. The van der Waals surface area contributed by atoms with Gasteiger partial charge in [-0.3, -0.25) is 0 Å². The SMILES string of the molecule is Nc1ccc([N+]2([O-])CCCC2)c(F)c1. The number of benzene rings is 1. The van der Waals surface area contributed by atoms with Gasteiger partial charge < -0.3 is 15.6 Å². The van der Waals surface area contributed by atoms with Crippen LogP contribution in [-0.4, -0.2) is 13.1 Å². The molecule has 76 valence electrons. The number of rotatable bonds is 1. The molecule has 0 saturated carbocycles. The second-order valence-electron chi connectivity index (χ2n) is 3.75. The molecule has 2 rings (SSSR count). The summed E-state index contributed by atoms with van der Waals surface area (Å²) in [5.74, 6) is -0.484. The third-order valence-corrected chi connectivity index (χ3v) is 2.70. The van der Waals surface area contributed by atoms with Crippen LogP contribution in [0.2, 0.25) is 0 Å². The number of nitrogen functional groups attached to an aromatic ring is 1. The molecule has 1 aromatic rings. The largest absolute Gasteiger partial charge is 0.627 e. The van der Waals surface area contributed by atoms with Crippen LogP contribution in [0.15, 0.2) is 18.2 Å². The van der Waals surface area contributed by atoms with Gasteiger partial charge in [0.25, 0.3) is 0 Å². The Balaban J connectivity index is 2.40. The molecule has 4 heteroatoms. The minimum atomic E-state index is -0.536. The summed E-state index contributed by atoms with van der Waals surface area (Å²) in [6.45, 7) is 0.946. The molecule has 0 bridgehead atoms. The van der Waals surface area contributed by atoms with Gasteiger partial charge in [0, 0.05) is 30.7 Å². The Kier molecular flexibility index (Phi) is 2.17. The van der Waals surface area contributed by atoms with E-state index in [-0.39, 0.29) is 5.69 Å². The summed E-state index contributed by atoms with van der Waals surface area (Å²) in [7, 11) is 0. The number of nitrogens with zero attached hydrogens (tertiary/aromatic N) is 1. The highest BCUT2D eigenvalue weighted by molar-refractivity contribution is 5.53. The summed E-state index contributed by atoms with van der Waals surface area (Å²) in [4.78, 5) is 0. The second kappa shape index (κ2) is 3.22. The second-order valence-corrected chi connectivity index (χ2v) is 3.75. The first kappa shape index (κ1) is 9.43. The summed E-state index contributed by atoms with van der Waals surface area (Å²) in [6.07, 6.45) is 1.74. The van der Waals surface area contributed by atoms with Crippen LogP contribution < -0.4 is 10.4 Å². The summed E-state index contributed by atoms with van der Waals surface area (Å²) >= 11 is 0. The van der Waals surface area contributed by atoms with Gasteiger partial charge in [0.05, 0.1) is 13.1 Å². The van der Waals surface area contributed by atoms with E-state index < -0.39 is 10.5 Å². The predicted octanol–water partition coefficient (Wildman–Crippen LogP) is 2.01. The minimum Gasteiger partial charge on any atom is -0.627 e. The zero-order valence-electron chi connectivity index (χ0n) is 7.87. The van der Waals surface area contributed by atoms with E-state index in [1.807, 2.05) is 0 Å². The van der Waals surface area contributed by atoms with Gasteiger partial charge in [0.2, 0.25) is 0 Å². The standard InChI is InChI=1S/C10H13FN2O/c11-9-7-8(12)3-4-10(9)13(14)5-1-2-6-13/h3-4,7H,1-2,5-6,12H2. The summed E-state index contributed by atoms with van der Waals surface area (Å²) in [5.41, 5.74) is 6.00. The van der Waals surface area contributed by atoms with Crippen LogP contribution in [-0.2, 0) is 0 Å². The van der Waals surface area contributed by atoms with Crippen LogP contribution in [0.3, 0.4) is 0 Å². The fourth-order valence-corrected chi connectivity index (χ4v) is 1.94. The fraction of sp³-hybridized carbons (Fsp3) is 0.400. The molecule has 2 N–H and O–H groups in total. The Labute approximate surface area is 82.1 Å². The molecule has 1 aromatic carbocycles. The van der Waals surface area contributed by atoms with Crippen LogP contribution in [0.4, 0.5) is 15.8 Å². The van der Waals surface area contributed by atoms with Gasteiger partial charge >= 0.3 is 0 Å². The molecule has 1 fully saturated rings. The lowest BCUT2D eigenvalue weighted by Crippen LogP contribution is -2.40. The first-order valence-electron chi connectivity index (χ1n) is 4.75. The van der Waals surface area contributed by atoms with Gasteiger partial charge in [-0.2, -0.15) is 0 Å². The van der Waals surface area contributed by atoms with Crippen molar-refractivity contribution >= 4 is 11.4 Å². The highest BCUT2D eigenvalue weighted by atomic mass is 19.1. The molecule has 0 spiro atoms. The molecule has 1 aliphatic heterocycles. The summed E-state index contributed by atoms with van der Waals surface area (Å²) in [5, 5.41) is 12.1. The van der Waals surface area contributed by atoms with Crippen LogP contribution in [0, 0.1) is 11.0 Å². The maximum absolute atomic E-state index is 13.5. The van der Waals surface area contributed by atoms with E-state index in [1.165, 1.54) is 12.1 Å². The molecule has 14 heavy (non-hydrogen) atoms. The lowest BCUT2D eigenvalue weighted by atomic mass is 10.2. The quantitative estimate of drug-likeness (QED) is 0.424. The van der Waals surface area contributed by atoms with Crippen LogP contribution in [0.1, 0.15) is 12.8 Å². The zero-order valence-corrected chi connectivity index (χ0v) is 7.87. The number of anilines is 1. The van der Waals surface area contributed by atoms with Crippen molar-refractivity contribution in [1.29, 1.82) is 0 Å². The number of hydroxylamine groups is 2. The van der Waals surface area contributed by atoms with Crippen molar-refractivity contribution in [3.63, 3.8) is 0 Å². The highest BCUT2D eigenvalue weighted by Gasteiger charge is 2.28. The molecule has 3 nitrogen and oxygen atoms in total. The van der Waals surface area contributed by atoms with Crippen molar-refractivity contribution in [2.75, 3.05) is 18.8 Å². The first-order chi connectivity index (χ1) is 6.62. The van der Waals surface area contributed by atoms with Crippen molar-refractivity contribution in [2.45, 2.75) is 12.8 Å². The third-order valence-electron chi connectivity index (χ3n) is 2.70. The van der Waals surface area contributed by atoms with Gasteiger partial charge in [-0.15, -0.1) is 0 Å². The van der Waals surface area contributed by atoms with Gasteiger partial charge in [0.15, 0.2) is 11.5 Å². The normalized spacial score (nSPS) is 19.9. The molecule has 0 radical (unpaired) electrons. The monoisotopic (exact) mass is 196 g/mol. The molecule has 1 aliphatic rings. The van der Waals surface area contributed by atoms with Crippen molar-refractivity contribution in [3.05, 3.63) is 29.2 Å². The Morgan fingerprint density at radius 1 is 1.29 bits per heavy atom. The Hall–Kier alpha value is -1.13. The van der Waals surface area contributed by atoms with Gasteiger partial charge in [-0.05, 0) is 6.07 Å². The van der Waals surface area contributed by atoms with Gasteiger partial charge in [-0.1, -0.05) is 0 Å². The van der Waals surface area contributed by atoms with E-state index >= 15 is 0 Å². The number of quaternary nitrogens is 1. The van der Waals surface area contributed by atoms with Crippen molar-refractivity contribution in [1.82, 2.24) is 4.65 Å². The van der Waals surface area contributed by atoms with E-state index in [0.717, 1.165) is 12.8 Å². The molecule has 0 atom stereocenters. The molecule has 1 heterocycles. The first-order valence-corrected chi connectivity index (χ1v) is 4.75. The fourth-order valence-electron chi connectivity index (χ4n) is 1.94. The van der Waals surface area contributed by atoms with E-state index in [0.29, 0.717) is 18.8 Å². The number of hydrogen-bond acceptors (Lipinski definition) is 2. The van der Waals surface area contributed by atoms with Gasteiger partial charge in [-0.25, -0.2) is 4.39 Å². The number of nitrogens with two attached hydrogens (primary N) is 1. The number of halogens is 1. The molecule has 0 unspecified atom stereocenters. The predicted molar refractivity (Wildman–Crippen MR) is 54.9 cm³/mol. The molecular weight excluding hydrogens is 183 g/mol. The topological polar surface area (TPSA) is 49.1 Å². The van der Waals surface area contributed by atoms with E-state index in [2.05, 4.69) is 0 Å². The van der Waals surface area contributed by atoms with Crippen LogP contribution >= 0.6 is 0 Å². The Bertz CT molecular complexity index is 348. The molecule has 0 aromatic heterocycles. The molecular formula is C10H13FN2O. The highest BCUT2D eigenvalue weighted by Crippen LogP contribution is 2.31. The zero-order chi connectivity index (χ0) is 10.2. The van der Waals surface area contributed by atoms with Gasteiger partial charge in [0.1, 0.15) is 0 Å². The summed E-state index contributed by atoms with van der Waals surface area (Å²) in [6, 6.07) is 4.29. The van der Waals surface area contributed by atoms with E-state index in [1.54, 1.807) is 6.07 Å². The van der Waals surface area contributed by atoms with Crippen LogP contribution in [0.25, 0.3) is 0 Å². The molecule has 1 saturated heterocycles. The maximum Gasteiger partial charge on any atom is 0.186 e. The summed E-state index contributed by atoms with van der Waals surface area (Å²) < 4.78 is 12.9.